The van der Waals surface area contributed by atoms with Gasteiger partial charge in [-0.15, -0.1) is 0 Å². The van der Waals surface area contributed by atoms with Gasteiger partial charge in [0.15, 0.2) is 16.7 Å². The Kier molecular flexibility index (Phi) is 6.90. The molecule has 0 radical (unpaired) electrons. The number of halogens is 1. The standard InChI is InChI=1S/C22H24ClN3O5S2/c1-14-13-26(21(27)15-10-18(23)20-19(11-15)30-8-5-9-31-20)22(32-14)24-16-6-4-7-17(12-16)33(28,29)25(2)3/h4,6-7,10-12,14H,5,8-9,13H2,1-3H3. The molecule has 0 N–H and O–H groups in total. The van der Waals surface area contributed by atoms with E-state index in [1.54, 1.807) is 29.2 Å². The molecule has 4 rings (SSSR count). The van der Waals surface area contributed by atoms with Gasteiger partial charge in [-0.2, -0.15) is 0 Å². The zero-order valence-electron chi connectivity index (χ0n) is 18.4. The largest absolute Gasteiger partial charge is 0.489 e. The molecule has 0 spiro atoms. The number of ether oxygens (including phenoxy) is 2. The number of thioether (sulfide) groups is 1. The van der Waals surface area contributed by atoms with E-state index in [0.29, 0.717) is 52.7 Å². The molecule has 1 fully saturated rings. The van der Waals surface area contributed by atoms with E-state index in [2.05, 4.69) is 4.99 Å². The van der Waals surface area contributed by atoms with Gasteiger partial charge in [0.25, 0.3) is 5.91 Å². The van der Waals surface area contributed by atoms with Crippen molar-refractivity contribution >= 4 is 50.1 Å². The summed E-state index contributed by atoms with van der Waals surface area (Å²) in [6.07, 6.45) is 0.730. The lowest BCUT2D eigenvalue weighted by Gasteiger charge is -2.18. The molecule has 0 saturated carbocycles. The maximum Gasteiger partial charge on any atom is 0.260 e. The molecule has 2 aliphatic rings. The van der Waals surface area contributed by atoms with Crippen molar-refractivity contribution in [2.24, 2.45) is 4.99 Å². The number of sulfonamides is 1. The van der Waals surface area contributed by atoms with E-state index < -0.39 is 10.0 Å². The number of aliphatic imine (C=N–C) groups is 1. The monoisotopic (exact) mass is 509 g/mol. The summed E-state index contributed by atoms with van der Waals surface area (Å²) < 4.78 is 37.5. The van der Waals surface area contributed by atoms with Gasteiger partial charge < -0.3 is 9.47 Å². The van der Waals surface area contributed by atoms with Crippen molar-refractivity contribution < 1.29 is 22.7 Å². The van der Waals surface area contributed by atoms with Crippen LogP contribution >= 0.6 is 23.4 Å². The quantitative estimate of drug-likeness (QED) is 0.618. The summed E-state index contributed by atoms with van der Waals surface area (Å²) >= 11 is 7.83. The van der Waals surface area contributed by atoms with Crippen molar-refractivity contribution in [1.29, 1.82) is 0 Å². The normalized spacial score (nSPS) is 19.7. The molecule has 0 aromatic heterocycles. The first kappa shape index (κ1) is 23.9. The van der Waals surface area contributed by atoms with Crippen molar-refractivity contribution in [2.75, 3.05) is 33.9 Å². The van der Waals surface area contributed by atoms with Gasteiger partial charge in [-0.05, 0) is 30.3 Å². The number of hydrogen-bond acceptors (Lipinski definition) is 7. The number of hydrogen-bond donors (Lipinski definition) is 0. The van der Waals surface area contributed by atoms with Gasteiger partial charge in [-0.1, -0.05) is 36.4 Å². The number of nitrogens with zero attached hydrogens (tertiary/aromatic N) is 3. The first-order valence-electron chi connectivity index (χ1n) is 10.4. The predicted molar refractivity (Wildman–Crippen MR) is 130 cm³/mol. The van der Waals surface area contributed by atoms with Gasteiger partial charge in [-0.3, -0.25) is 9.69 Å². The van der Waals surface area contributed by atoms with Crippen LogP contribution in [0.2, 0.25) is 5.02 Å². The smallest absolute Gasteiger partial charge is 0.260 e. The SMILES string of the molecule is CC1CN(C(=O)c2cc(Cl)c3c(c2)OCCCO3)C(=Nc2cccc(S(=O)(=O)N(C)C)c2)S1. The fourth-order valence-corrected chi connectivity index (χ4v) is 5.65. The molecule has 176 valence electrons. The number of carbonyl (C=O) groups excluding carboxylic acids is 1. The molecule has 1 saturated heterocycles. The Balaban J connectivity index is 1.67. The lowest BCUT2D eigenvalue weighted by molar-refractivity contribution is 0.0855. The summed E-state index contributed by atoms with van der Waals surface area (Å²) in [4.78, 5) is 19.7. The van der Waals surface area contributed by atoms with Crippen LogP contribution in [0.1, 0.15) is 23.7 Å². The lowest BCUT2D eigenvalue weighted by atomic mass is 10.1. The van der Waals surface area contributed by atoms with Crippen molar-refractivity contribution in [3.05, 3.63) is 47.0 Å². The summed E-state index contributed by atoms with van der Waals surface area (Å²) in [5, 5.41) is 0.935. The number of amides is 1. The topological polar surface area (TPSA) is 88.5 Å². The van der Waals surface area contributed by atoms with Crippen molar-refractivity contribution in [1.82, 2.24) is 9.21 Å². The summed E-state index contributed by atoms with van der Waals surface area (Å²) in [5.74, 6) is 0.631. The Labute approximate surface area is 202 Å². The Bertz CT molecular complexity index is 1220. The molecule has 0 bridgehead atoms. The number of carbonyl (C=O) groups is 1. The summed E-state index contributed by atoms with van der Waals surface area (Å²) in [7, 11) is -0.646. The van der Waals surface area contributed by atoms with Gasteiger partial charge in [0, 0.05) is 37.9 Å². The molecule has 0 aliphatic carbocycles. The number of fused-ring (bicyclic) bond motifs is 1. The van der Waals surface area contributed by atoms with Crippen molar-refractivity contribution in [2.45, 2.75) is 23.5 Å². The minimum Gasteiger partial charge on any atom is -0.489 e. The first-order chi connectivity index (χ1) is 15.7. The number of rotatable bonds is 4. The fraction of sp³-hybridized carbons (Fsp3) is 0.364. The van der Waals surface area contributed by atoms with Crippen LogP contribution in [0, 0.1) is 0 Å². The Hall–Kier alpha value is -2.27. The molecular weight excluding hydrogens is 486 g/mol. The Morgan fingerprint density at radius 3 is 2.73 bits per heavy atom. The maximum absolute atomic E-state index is 13.4. The maximum atomic E-state index is 13.4. The highest BCUT2D eigenvalue weighted by Crippen LogP contribution is 2.39. The Morgan fingerprint density at radius 1 is 1.21 bits per heavy atom. The second kappa shape index (κ2) is 9.54. The van der Waals surface area contributed by atoms with Crippen molar-refractivity contribution in [3.8, 4) is 11.5 Å². The van der Waals surface area contributed by atoms with E-state index in [1.165, 1.54) is 38.0 Å². The summed E-state index contributed by atoms with van der Waals surface area (Å²) in [6.45, 7) is 3.45. The van der Waals surface area contributed by atoms with Gasteiger partial charge >= 0.3 is 0 Å². The third-order valence-electron chi connectivity index (χ3n) is 5.09. The Morgan fingerprint density at radius 2 is 1.97 bits per heavy atom. The predicted octanol–water partition coefficient (Wildman–Crippen LogP) is 4.02. The molecule has 8 nitrogen and oxygen atoms in total. The molecular formula is C22H24ClN3O5S2. The average molecular weight is 510 g/mol. The van der Waals surface area contributed by atoms with Crippen LogP contribution in [0.4, 0.5) is 5.69 Å². The van der Waals surface area contributed by atoms with Crippen molar-refractivity contribution in [3.63, 3.8) is 0 Å². The van der Waals surface area contributed by atoms with E-state index in [4.69, 9.17) is 21.1 Å². The minimum absolute atomic E-state index is 0.122. The van der Waals surface area contributed by atoms with E-state index >= 15 is 0 Å². The van der Waals surface area contributed by atoms with Crippen LogP contribution in [0.5, 0.6) is 11.5 Å². The molecule has 1 atom stereocenters. The van der Waals surface area contributed by atoms with Crippen LogP contribution in [-0.4, -0.2) is 67.8 Å². The molecule has 2 heterocycles. The second-order valence-corrected chi connectivity index (χ2v) is 11.8. The molecule has 2 aliphatic heterocycles. The molecule has 1 amide bonds. The van der Waals surface area contributed by atoms with Crippen LogP contribution in [0.15, 0.2) is 46.3 Å². The third kappa shape index (κ3) is 4.98. The third-order valence-corrected chi connectivity index (χ3v) is 8.26. The van der Waals surface area contributed by atoms with E-state index in [0.717, 1.165) is 10.7 Å². The van der Waals surface area contributed by atoms with E-state index in [1.807, 2.05) is 6.92 Å². The molecule has 11 heteroatoms. The van der Waals surface area contributed by atoms with Gasteiger partial charge in [-0.25, -0.2) is 17.7 Å². The van der Waals surface area contributed by atoms with Gasteiger partial charge in [0.2, 0.25) is 10.0 Å². The fourth-order valence-electron chi connectivity index (χ4n) is 3.42. The van der Waals surface area contributed by atoms with Gasteiger partial charge in [0.05, 0.1) is 28.8 Å². The summed E-state index contributed by atoms with van der Waals surface area (Å²) in [6, 6.07) is 9.58. The molecule has 1 unspecified atom stereocenters. The van der Waals surface area contributed by atoms with Crippen LogP contribution in [-0.2, 0) is 10.0 Å². The highest BCUT2D eigenvalue weighted by molar-refractivity contribution is 8.14. The first-order valence-corrected chi connectivity index (χ1v) is 13.1. The zero-order chi connectivity index (χ0) is 23.8. The molecule has 2 aromatic rings. The average Bonchev–Trinajstić information content (AvgIpc) is 2.97. The van der Waals surface area contributed by atoms with Crippen LogP contribution in [0.3, 0.4) is 0 Å². The lowest BCUT2D eigenvalue weighted by Crippen LogP contribution is -2.32. The molecule has 33 heavy (non-hydrogen) atoms. The number of benzene rings is 2. The zero-order valence-corrected chi connectivity index (χ0v) is 20.8. The number of amidine groups is 1. The van der Waals surface area contributed by atoms with Crippen LogP contribution in [0.25, 0.3) is 0 Å². The van der Waals surface area contributed by atoms with E-state index in [9.17, 15) is 13.2 Å². The highest BCUT2D eigenvalue weighted by Gasteiger charge is 2.32. The van der Waals surface area contributed by atoms with E-state index in [-0.39, 0.29) is 16.1 Å². The second-order valence-electron chi connectivity index (χ2n) is 7.86. The summed E-state index contributed by atoms with van der Waals surface area (Å²) in [5.41, 5.74) is 0.819. The highest BCUT2D eigenvalue weighted by atomic mass is 35.5. The van der Waals surface area contributed by atoms with Crippen LogP contribution < -0.4 is 9.47 Å². The van der Waals surface area contributed by atoms with Gasteiger partial charge in [0.1, 0.15) is 0 Å². The molecule has 2 aromatic carbocycles. The minimum atomic E-state index is -3.60.